The van der Waals surface area contributed by atoms with E-state index in [9.17, 15) is 28.8 Å². The van der Waals surface area contributed by atoms with E-state index >= 15 is 0 Å². The van der Waals surface area contributed by atoms with Gasteiger partial charge in [0.15, 0.2) is 6.17 Å². The molecule has 58 heavy (non-hydrogen) atoms. The molecule has 16 heteroatoms. The lowest BCUT2D eigenvalue weighted by Gasteiger charge is -2.25. The number of alkyl carbamates (subject to hydrolysis) is 1. The summed E-state index contributed by atoms with van der Waals surface area (Å²) in [6.45, 7) is 8.22. The molecule has 0 aliphatic carbocycles. The van der Waals surface area contributed by atoms with Crippen molar-refractivity contribution in [3.8, 4) is 11.1 Å². The first-order chi connectivity index (χ1) is 27.7. The molecule has 1 heterocycles. The van der Waals surface area contributed by atoms with Crippen LogP contribution in [0.4, 0.5) is 4.79 Å². The smallest absolute Gasteiger partial charge is 0.407 e. The average Bonchev–Trinajstić information content (AvgIpc) is 3.19. The number of aryl methyl sites for hydroxylation is 1. The molecule has 320 valence electrons. The van der Waals surface area contributed by atoms with Gasteiger partial charge < -0.3 is 51.3 Å². The third-order valence-corrected chi connectivity index (χ3v) is 9.14. The summed E-state index contributed by atoms with van der Waals surface area (Å²) >= 11 is 0. The molecule has 1 aliphatic rings. The number of ether oxygens (including phenoxy) is 4. The van der Waals surface area contributed by atoms with Crippen LogP contribution in [-0.2, 0) is 44.5 Å². The lowest BCUT2D eigenvalue weighted by atomic mass is 10.0. The van der Waals surface area contributed by atoms with Crippen molar-refractivity contribution in [1.82, 2.24) is 26.6 Å². The van der Waals surface area contributed by atoms with Gasteiger partial charge in [-0.2, -0.15) is 0 Å². The number of benzene rings is 2. The van der Waals surface area contributed by atoms with Gasteiger partial charge in [-0.25, -0.2) is 9.59 Å². The summed E-state index contributed by atoms with van der Waals surface area (Å²) in [5.41, 5.74) is 8.87. The molecule has 0 radical (unpaired) electrons. The van der Waals surface area contributed by atoms with E-state index in [1.54, 1.807) is 32.9 Å². The summed E-state index contributed by atoms with van der Waals surface area (Å²) in [4.78, 5) is 78.3. The standard InChI is InChI=1S/C42H62N6O10/c1-6-7-12-28-14-16-29(17-15-28)30-18-20-31(21-19-30)36(49)45-32(13-8-9-23-44-41(54)58-42(2,3)4)37(50)47-34-27-57-25-11-10-24-56-26-22-33(40(53)55-5)46-39(52)35(43)48-38(34)51/h14-21,32-35H,6-13,22-27,43H2,1-5H3,(H,44,54)(H,45,49)(H,46,52)(H,47,50)(H,48,51). The molecule has 1 fully saturated rings. The van der Waals surface area contributed by atoms with Crippen molar-refractivity contribution in [2.24, 2.45) is 5.73 Å². The maximum atomic E-state index is 13.9. The van der Waals surface area contributed by atoms with E-state index in [4.69, 9.17) is 24.7 Å². The molecular weight excluding hydrogens is 748 g/mol. The number of esters is 1. The highest BCUT2D eigenvalue weighted by atomic mass is 16.6. The Labute approximate surface area is 341 Å². The van der Waals surface area contributed by atoms with Crippen LogP contribution in [0.25, 0.3) is 11.1 Å². The second kappa shape index (κ2) is 24.7. The van der Waals surface area contributed by atoms with E-state index in [1.165, 1.54) is 12.7 Å². The van der Waals surface area contributed by atoms with Crippen LogP contribution in [0.2, 0.25) is 0 Å². The number of carbonyl (C=O) groups excluding carboxylic acids is 6. The SMILES string of the molecule is CCCCc1ccc(-c2ccc(C(=O)NC(CCCCNC(=O)OC(C)(C)C)C(=O)NC3COCCCCOCCC(C(=O)OC)NC(=O)C(N)NC3=O)cc2)cc1. The van der Waals surface area contributed by atoms with Crippen LogP contribution in [0.3, 0.4) is 0 Å². The van der Waals surface area contributed by atoms with Gasteiger partial charge in [0.05, 0.1) is 13.7 Å². The number of rotatable bonds is 14. The number of nitrogens with two attached hydrogens (primary N) is 1. The van der Waals surface area contributed by atoms with Crippen molar-refractivity contribution in [3.05, 3.63) is 59.7 Å². The number of carbonyl (C=O) groups is 6. The molecule has 0 aromatic heterocycles. The number of amides is 5. The number of methoxy groups -OCH3 is 1. The predicted molar refractivity (Wildman–Crippen MR) is 217 cm³/mol. The molecular formula is C42H62N6O10. The van der Waals surface area contributed by atoms with Crippen molar-refractivity contribution in [2.75, 3.05) is 40.1 Å². The quantitative estimate of drug-likeness (QED) is 0.120. The van der Waals surface area contributed by atoms with Crippen LogP contribution in [0.5, 0.6) is 0 Å². The second-order valence-corrected chi connectivity index (χ2v) is 15.1. The minimum atomic E-state index is -1.59. The van der Waals surface area contributed by atoms with Gasteiger partial charge in [-0.3, -0.25) is 19.2 Å². The summed E-state index contributed by atoms with van der Waals surface area (Å²) in [5, 5.41) is 13.0. The van der Waals surface area contributed by atoms with Gasteiger partial charge in [-0.1, -0.05) is 49.7 Å². The number of hydrogen-bond acceptors (Lipinski definition) is 11. The minimum Gasteiger partial charge on any atom is -0.467 e. The van der Waals surface area contributed by atoms with Crippen LogP contribution < -0.4 is 32.3 Å². The summed E-state index contributed by atoms with van der Waals surface area (Å²) in [6, 6.07) is 11.9. The van der Waals surface area contributed by atoms with Gasteiger partial charge in [0.2, 0.25) is 11.8 Å². The zero-order valence-electron chi connectivity index (χ0n) is 34.5. The summed E-state index contributed by atoms with van der Waals surface area (Å²) in [6.07, 6.45) is 3.43. The van der Waals surface area contributed by atoms with Crippen molar-refractivity contribution in [2.45, 2.75) is 115 Å². The third-order valence-electron chi connectivity index (χ3n) is 9.14. The van der Waals surface area contributed by atoms with Gasteiger partial charge in [0.25, 0.3) is 11.8 Å². The van der Waals surface area contributed by atoms with Crippen molar-refractivity contribution in [3.63, 3.8) is 0 Å². The Morgan fingerprint density at radius 2 is 1.53 bits per heavy atom. The molecule has 2 aromatic rings. The maximum Gasteiger partial charge on any atom is 0.407 e. The highest BCUT2D eigenvalue weighted by Crippen LogP contribution is 2.21. The summed E-state index contributed by atoms with van der Waals surface area (Å²) in [7, 11) is 1.19. The lowest BCUT2D eigenvalue weighted by Crippen LogP contribution is -2.61. The summed E-state index contributed by atoms with van der Waals surface area (Å²) in [5.74, 6) is -3.56. The van der Waals surface area contributed by atoms with E-state index in [0.29, 0.717) is 37.9 Å². The second-order valence-electron chi connectivity index (χ2n) is 15.1. The summed E-state index contributed by atoms with van der Waals surface area (Å²) < 4.78 is 21.4. The first-order valence-corrected chi connectivity index (χ1v) is 20.1. The molecule has 2 aromatic carbocycles. The van der Waals surface area contributed by atoms with Crippen LogP contribution in [0, 0.1) is 0 Å². The predicted octanol–water partition coefficient (Wildman–Crippen LogP) is 3.25. The molecule has 1 saturated heterocycles. The molecule has 0 bridgehead atoms. The fourth-order valence-electron chi connectivity index (χ4n) is 5.89. The Balaban J connectivity index is 1.75. The normalized spacial score (nSPS) is 19.1. The van der Waals surface area contributed by atoms with E-state index in [-0.39, 0.29) is 39.2 Å². The molecule has 16 nitrogen and oxygen atoms in total. The highest BCUT2D eigenvalue weighted by molar-refractivity contribution is 5.99. The Morgan fingerprint density at radius 3 is 2.17 bits per heavy atom. The van der Waals surface area contributed by atoms with Crippen LogP contribution >= 0.6 is 0 Å². The minimum absolute atomic E-state index is 0.121. The molecule has 5 amide bonds. The fourth-order valence-corrected chi connectivity index (χ4v) is 5.89. The zero-order valence-corrected chi connectivity index (χ0v) is 34.5. The largest absolute Gasteiger partial charge is 0.467 e. The Hall–Kier alpha value is -5.06. The first kappa shape index (κ1) is 47.3. The first-order valence-electron chi connectivity index (χ1n) is 20.1. The van der Waals surface area contributed by atoms with E-state index in [1.807, 2.05) is 12.1 Å². The van der Waals surface area contributed by atoms with Crippen LogP contribution in [0.15, 0.2) is 48.5 Å². The lowest BCUT2D eigenvalue weighted by molar-refractivity contribution is -0.146. The molecule has 3 rings (SSSR count). The molecule has 1 aliphatic heterocycles. The molecule has 4 unspecified atom stereocenters. The van der Waals surface area contributed by atoms with E-state index < -0.39 is 65.6 Å². The van der Waals surface area contributed by atoms with Gasteiger partial charge in [-0.05, 0) is 94.5 Å². The molecule has 0 saturated carbocycles. The Kier molecular flexibility index (Phi) is 20.1. The third kappa shape index (κ3) is 17.2. The Morgan fingerprint density at radius 1 is 0.879 bits per heavy atom. The Bertz CT molecular complexity index is 1630. The van der Waals surface area contributed by atoms with Crippen molar-refractivity contribution in [1.29, 1.82) is 0 Å². The number of nitrogens with one attached hydrogen (secondary N) is 5. The highest BCUT2D eigenvalue weighted by Gasteiger charge is 2.31. The van der Waals surface area contributed by atoms with Crippen LogP contribution in [-0.4, -0.2) is 106 Å². The van der Waals surface area contributed by atoms with Crippen LogP contribution in [0.1, 0.15) is 95.0 Å². The van der Waals surface area contributed by atoms with Gasteiger partial charge >= 0.3 is 12.1 Å². The maximum absolute atomic E-state index is 13.9. The zero-order chi connectivity index (χ0) is 42.5. The topological polar surface area (TPSA) is 226 Å². The molecule has 0 spiro atoms. The van der Waals surface area contributed by atoms with Gasteiger partial charge in [-0.15, -0.1) is 0 Å². The average molecular weight is 811 g/mol. The number of hydrogen-bond donors (Lipinski definition) is 6. The molecule has 7 N–H and O–H groups in total. The van der Waals surface area contributed by atoms with Gasteiger partial charge in [0, 0.05) is 38.3 Å². The fraction of sp³-hybridized carbons (Fsp3) is 0.571. The van der Waals surface area contributed by atoms with E-state index in [0.717, 1.165) is 30.4 Å². The number of unbranched alkanes of at least 4 members (excludes halogenated alkanes) is 2. The van der Waals surface area contributed by atoms with Gasteiger partial charge in [0.1, 0.15) is 23.7 Å². The van der Waals surface area contributed by atoms with E-state index in [2.05, 4.69) is 57.8 Å². The van der Waals surface area contributed by atoms with Crippen molar-refractivity contribution >= 4 is 35.7 Å². The monoisotopic (exact) mass is 810 g/mol. The molecule has 4 atom stereocenters. The van der Waals surface area contributed by atoms with Crippen molar-refractivity contribution < 1.29 is 47.7 Å².